The first-order valence-corrected chi connectivity index (χ1v) is 12.9. The van der Waals surface area contributed by atoms with Crippen LogP contribution < -0.4 is 4.72 Å². The summed E-state index contributed by atoms with van der Waals surface area (Å²) in [5.41, 5.74) is 0.859. The highest BCUT2D eigenvalue weighted by molar-refractivity contribution is 7.89. The molecule has 1 aromatic heterocycles. The number of ether oxygens (including phenoxy) is 1. The van der Waals surface area contributed by atoms with Gasteiger partial charge in [0.25, 0.3) is 11.8 Å². The number of para-hydroxylation sites is 1. The average molecular weight is 496 g/mol. The van der Waals surface area contributed by atoms with Crippen molar-refractivity contribution < 1.29 is 27.5 Å². The number of nitrogens with zero attached hydrogens (tertiary/aromatic N) is 2. The first kappa shape index (κ1) is 23.3. The van der Waals surface area contributed by atoms with E-state index in [0.717, 1.165) is 4.90 Å². The van der Waals surface area contributed by atoms with Crippen molar-refractivity contribution in [2.75, 3.05) is 5.75 Å². The van der Waals surface area contributed by atoms with Crippen LogP contribution in [0.15, 0.2) is 54.7 Å². The van der Waals surface area contributed by atoms with Crippen LogP contribution in [0, 0.1) is 0 Å². The Bertz CT molecular complexity index is 1450. The van der Waals surface area contributed by atoms with E-state index in [9.17, 15) is 22.8 Å². The Morgan fingerprint density at radius 2 is 1.60 bits per heavy atom. The molecule has 2 aliphatic heterocycles. The Labute approximate surface area is 202 Å². The highest BCUT2D eigenvalue weighted by Gasteiger charge is 2.47. The summed E-state index contributed by atoms with van der Waals surface area (Å²) in [5.74, 6) is -1.15. The summed E-state index contributed by atoms with van der Waals surface area (Å²) in [4.78, 5) is 40.6. The molecule has 2 aliphatic rings. The minimum Gasteiger partial charge on any atom is -0.443 e. The molecule has 182 valence electrons. The predicted molar refractivity (Wildman–Crippen MR) is 129 cm³/mol. The lowest BCUT2D eigenvalue weighted by Gasteiger charge is -2.37. The van der Waals surface area contributed by atoms with Crippen molar-refractivity contribution in [1.82, 2.24) is 14.2 Å². The second kappa shape index (κ2) is 8.03. The monoisotopic (exact) mass is 495 g/mol. The van der Waals surface area contributed by atoms with Crippen LogP contribution in [-0.2, 0) is 14.8 Å². The van der Waals surface area contributed by atoms with Gasteiger partial charge in [0.2, 0.25) is 10.0 Å². The van der Waals surface area contributed by atoms with Crippen molar-refractivity contribution in [2.24, 2.45) is 0 Å². The molecule has 2 aromatic carbocycles. The maximum absolute atomic E-state index is 13.2. The highest BCUT2D eigenvalue weighted by atomic mass is 32.2. The SMILES string of the molecule is CC(C)(C)OC(=O)n1cc([C@@H]2NS(=O)(=O)CC[C@H]2N2C(=O)c3ccccc3C2=O)c2ccccc21. The Kier molecular flexibility index (Phi) is 5.33. The van der Waals surface area contributed by atoms with E-state index < -0.39 is 45.6 Å². The number of amides is 2. The minimum absolute atomic E-state index is 0.0669. The van der Waals surface area contributed by atoms with Gasteiger partial charge in [-0.15, -0.1) is 0 Å². The number of carbonyl (C=O) groups is 3. The Hall–Kier alpha value is -3.50. The average Bonchev–Trinajstić information content (AvgIpc) is 3.29. The van der Waals surface area contributed by atoms with Crippen LogP contribution in [0.3, 0.4) is 0 Å². The fraction of sp³-hybridized carbons (Fsp3) is 0.320. The number of imide groups is 1. The van der Waals surface area contributed by atoms with Gasteiger partial charge >= 0.3 is 6.09 Å². The van der Waals surface area contributed by atoms with Crippen LogP contribution in [0.4, 0.5) is 4.79 Å². The zero-order chi connectivity index (χ0) is 25.1. The third-order valence-electron chi connectivity index (χ3n) is 6.20. The Morgan fingerprint density at radius 3 is 2.23 bits per heavy atom. The van der Waals surface area contributed by atoms with Crippen LogP contribution in [0.2, 0.25) is 0 Å². The molecule has 1 N–H and O–H groups in total. The topological polar surface area (TPSA) is 115 Å². The van der Waals surface area contributed by atoms with Crippen LogP contribution in [0.1, 0.15) is 59.5 Å². The maximum atomic E-state index is 13.2. The summed E-state index contributed by atoms with van der Waals surface area (Å²) in [5, 5.41) is 0.620. The molecule has 0 unspecified atom stereocenters. The summed E-state index contributed by atoms with van der Waals surface area (Å²) in [6.07, 6.45) is 0.982. The zero-order valence-corrected chi connectivity index (χ0v) is 20.3. The Morgan fingerprint density at radius 1 is 1.00 bits per heavy atom. The first-order chi connectivity index (χ1) is 16.5. The molecule has 3 heterocycles. The number of nitrogens with one attached hydrogen (secondary N) is 1. The number of rotatable bonds is 2. The molecule has 1 fully saturated rings. The van der Waals surface area contributed by atoms with Crippen LogP contribution in [0.25, 0.3) is 10.9 Å². The van der Waals surface area contributed by atoms with Crippen LogP contribution in [-0.4, -0.2) is 53.2 Å². The summed E-state index contributed by atoms with van der Waals surface area (Å²) in [6.45, 7) is 5.27. The lowest BCUT2D eigenvalue weighted by molar-refractivity contribution is 0.0524. The van der Waals surface area contributed by atoms with Gasteiger partial charge < -0.3 is 4.74 Å². The van der Waals surface area contributed by atoms with E-state index in [4.69, 9.17) is 4.74 Å². The van der Waals surface area contributed by atoms with E-state index >= 15 is 0 Å². The van der Waals surface area contributed by atoms with Crippen molar-refractivity contribution in [2.45, 2.75) is 44.9 Å². The van der Waals surface area contributed by atoms with E-state index in [2.05, 4.69) is 4.72 Å². The van der Waals surface area contributed by atoms with Crippen molar-refractivity contribution >= 4 is 38.8 Å². The third kappa shape index (κ3) is 4.02. The van der Waals surface area contributed by atoms with Gasteiger partial charge in [0, 0.05) is 11.6 Å². The van der Waals surface area contributed by atoms with Gasteiger partial charge in [0.1, 0.15) is 5.60 Å². The van der Waals surface area contributed by atoms with Crippen molar-refractivity contribution in [3.8, 4) is 0 Å². The summed E-state index contributed by atoms with van der Waals surface area (Å²) < 4.78 is 34.8. The molecular formula is C25H25N3O6S. The van der Waals surface area contributed by atoms with Gasteiger partial charge in [-0.25, -0.2) is 17.9 Å². The van der Waals surface area contributed by atoms with E-state index in [0.29, 0.717) is 27.6 Å². The van der Waals surface area contributed by atoms with Gasteiger partial charge in [0.05, 0.1) is 34.5 Å². The maximum Gasteiger partial charge on any atom is 0.419 e. The molecule has 3 aromatic rings. The molecule has 0 radical (unpaired) electrons. The van der Waals surface area contributed by atoms with Crippen LogP contribution in [0.5, 0.6) is 0 Å². The van der Waals surface area contributed by atoms with Crippen molar-refractivity contribution in [3.05, 3.63) is 71.4 Å². The number of benzene rings is 2. The lowest BCUT2D eigenvalue weighted by atomic mass is 9.96. The van der Waals surface area contributed by atoms with Gasteiger partial charge in [-0.1, -0.05) is 30.3 Å². The first-order valence-electron chi connectivity index (χ1n) is 11.3. The molecule has 9 nitrogen and oxygen atoms in total. The van der Waals surface area contributed by atoms with Gasteiger partial charge in [-0.2, -0.15) is 0 Å². The van der Waals surface area contributed by atoms with Crippen molar-refractivity contribution in [3.63, 3.8) is 0 Å². The number of hydrogen-bond acceptors (Lipinski definition) is 6. The van der Waals surface area contributed by atoms with E-state index in [1.165, 1.54) is 10.8 Å². The van der Waals surface area contributed by atoms with E-state index in [-0.39, 0.29) is 12.2 Å². The molecular weight excluding hydrogens is 470 g/mol. The molecule has 0 saturated carbocycles. The quantitative estimate of drug-likeness (QED) is 0.545. The molecule has 5 rings (SSSR count). The number of fused-ring (bicyclic) bond motifs is 2. The van der Waals surface area contributed by atoms with Crippen molar-refractivity contribution in [1.29, 1.82) is 0 Å². The number of sulfonamides is 1. The summed E-state index contributed by atoms with van der Waals surface area (Å²) in [6, 6.07) is 11.9. The lowest BCUT2D eigenvalue weighted by Crippen LogP contribution is -2.53. The molecule has 1 saturated heterocycles. The molecule has 10 heteroatoms. The zero-order valence-electron chi connectivity index (χ0n) is 19.5. The second-order valence-electron chi connectivity index (χ2n) is 9.75. The summed E-state index contributed by atoms with van der Waals surface area (Å²) in [7, 11) is -3.68. The number of hydrogen-bond donors (Lipinski definition) is 1. The van der Waals surface area contributed by atoms with Gasteiger partial charge in [0.15, 0.2) is 0 Å². The van der Waals surface area contributed by atoms with E-state index in [1.54, 1.807) is 69.3 Å². The fourth-order valence-electron chi connectivity index (χ4n) is 4.75. The predicted octanol–water partition coefficient (Wildman–Crippen LogP) is 3.45. The molecule has 0 aliphatic carbocycles. The number of carbonyl (C=O) groups excluding carboxylic acids is 3. The third-order valence-corrected chi connectivity index (χ3v) is 7.59. The minimum atomic E-state index is -3.68. The second-order valence-corrected chi connectivity index (χ2v) is 11.6. The molecule has 0 bridgehead atoms. The molecule has 35 heavy (non-hydrogen) atoms. The molecule has 2 amide bonds. The van der Waals surface area contributed by atoms with Crippen LogP contribution >= 0.6 is 0 Å². The van der Waals surface area contributed by atoms with E-state index in [1.807, 2.05) is 0 Å². The number of aromatic nitrogens is 1. The van der Waals surface area contributed by atoms with Gasteiger partial charge in [-0.05, 0) is 51.0 Å². The normalized spacial score (nSPS) is 21.9. The standard InChI is InChI=1S/C25H25N3O6S/c1-25(2,3)34-24(31)27-14-18(15-8-6-7-11-19(15)27)21-20(12-13-35(32,33)26-21)28-22(29)16-9-4-5-10-17(16)23(28)30/h4-11,14,20-21,26H,12-13H2,1-3H3/t20-,21+/m1/s1. The smallest absolute Gasteiger partial charge is 0.419 e. The fourth-order valence-corrected chi connectivity index (χ4v) is 6.09. The molecule has 2 atom stereocenters. The largest absolute Gasteiger partial charge is 0.443 e. The highest BCUT2D eigenvalue weighted by Crippen LogP contribution is 2.37. The summed E-state index contributed by atoms with van der Waals surface area (Å²) >= 11 is 0. The Balaban J connectivity index is 1.63. The van der Waals surface area contributed by atoms with Gasteiger partial charge in [-0.3, -0.25) is 19.1 Å². The molecule has 0 spiro atoms.